The lowest BCUT2D eigenvalue weighted by molar-refractivity contribution is -0.362. The van der Waals surface area contributed by atoms with E-state index in [1.807, 2.05) is 5.32 Å². The average Bonchev–Trinajstić information content (AvgIpc) is 2.52. The second kappa shape index (κ2) is 13.0. The molecule has 0 aromatic heterocycles. The summed E-state index contributed by atoms with van der Waals surface area (Å²) in [6.07, 6.45) is 5.95. The highest BCUT2D eigenvalue weighted by Gasteiger charge is 2.31. The van der Waals surface area contributed by atoms with Crippen LogP contribution in [0.1, 0.15) is 71.1 Å². The Morgan fingerprint density at radius 2 is 1.42 bits per heavy atom. The van der Waals surface area contributed by atoms with Gasteiger partial charge in [0.25, 0.3) is 0 Å². The third-order valence-electron chi connectivity index (χ3n) is 3.67. The molecule has 7 heteroatoms. The Morgan fingerprint density at radius 3 is 1.83 bits per heavy atom. The van der Waals surface area contributed by atoms with Crippen molar-refractivity contribution >= 4 is 5.97 Å². The van der Waals surface area contributed by atoms with Gasteiger partial charge in [0.2, 0.25) is 0 Å². The van der Waals surface area contributed by atoms with Gasteiger partial charge in [0, 0.05) is 12.8 Å². The molecule has 0 aliphatic heterocycles. The van der Waals surface area contributed by atoms with Gasteiger partial charge in [-0.1, -0.05) is 64.7 Å². The topological polar surface area (TPSA) is 61.4 Å². The van der Waals surface area contributed by atoms with Gasteiger partial charge in [0.15, 0.2) is 0 Å². The highest BCUT2D eigenvalue weighted by atomic mass is 19.4. The van der Waals surface area contributed by atoms with Gasteiger partial charge in [-0.2, -0.15) is 13.2 Å². The first kappa shape index (κ1) is 22.6. The molecule has 0 atom stereocenters. The number of allylic oxidation sites excluding steroid dienone is 1. The summed E-state index contributed by atoms with van der Waals surface area (Å²) >= 11 is 0. The number of likely N-dealkylation sites (N-methyl/N-ethyl adjacent to an activating group) is 1. The van der Waals surface area contributed by atoms with E-state index in [-0.39, 0.29) is 6.61 Å². The number of alkyl halides is 3. The number of halogens is 3. The van der Waals surface area contributed by atoms with E-state index in [4.69, 9.17) is 4.74 Å². The molecule has 0 unspecified atom stereocenters. The van der Waals surface area contributed by atoms with Crippen LogP contribution in [0.2, 0.25) is 0 Å². The summed E-state index contributed by atoms with van der Waals surface area (Å²) in [4.78, 5) is 11.5. The minimum Gasteiger partial charge on any atom is -0.868 e. The maximum absolute atomic E-state index is 12.3. The minimum atomic E-state index is -5.09. The van der Waals surface area contributed by atoms with Gasteiger partial charge in [-0.25, -0.2) is 4.79 Å². The molecule has 0 bridgehead atoms. The molecular formula is C17H29F3NO3-. The highest BCUT2D eigenvalue weighted by molar-refractivity contribution is 5.88. The lowest BCUT2D eigenvalue weighted by atomic mass is 10.1. The number of hydrogen-bond acceptors (Lipinski definition) is 4. The number of esters is 1. The van der Waals surface area contributed by atoms with Crippen molar-refractivity contribution < 1.29 is 27.8 Å². The van der Waals surface area contributed by atoms with E-state index < -0.39 is 23.6 Å². The number of unbranched alkanes of at least 4 members (excludes halogenated alkanes) is 9. The monoisotopic (exact) mass is 352 g/mol. The molecule has 0 aliphatic carbocycles. The molecule has 0 amide bonds. The van der Waals surface area contributed by atoms with Crippen LogP contribution in [0, 0.1) is 0 Å². The van der Waals surface area contributed by atoms with Crippen LogP contribution in [-0.2, 0) is 9.53 Å². The van der Waals surface area contributed by atoms with Gasteiger partial charge < -0.3 is 15.2 Å². The number of rotatable bonds is 13. The number of hydrogen-bond donors (Lipinski definition) is 1. The zero-order chi connectivity index (χ0) is 18.4. The van der Waals surface area contributed by atoms with Crippen molar-refractivity contribution in [2.75, 3.05) is 13.7 Å². The molecule has 0 spiro atoms. The fourth-order valence-electron chi connectivity index (χ4n) is 2.28. The predicted octanol–water partition coefficient (Wildman–Crippen LogP) is 3.80. The van der Waals surface area contributed by atoms with Gasteiger partial charge in [0.1, 0.15) is 5.70 Å². The summed E-state index contributed by atoms with van der Waals surface area (Å²) in [6.45, 7) is 2.20. The van der Waals surface area contributed by atoms with Crippen LogP contribution in [0.15, 0.2) is 11.5 Å². The second-order valence-corrected chi connectivity index (χ2v) is 5.77. The lowest BCUT2D eigenvalue weighted by Gasteiger charge is -2.20. The zero-order valence-electron chi connectivity index (χ0n) is 14.6. The first-order valence-electron chi connectivity index (χ1n) is 8.68. The van der Waals surface area contributed by atoms with Gasteiger partial charge >= 0.3 is 12.1 Å². The van der Waals surface area contributed by atoms with E-state index >= 15 is 0 Å². The number of nitrogens with one attached hydrogen (secondary N) is 1. The van der Waals surface area contributed by atoms with E-state index in [2.05, 4.69) is 6.92 Å². The highest BCUT2D eigenvalue weighted by Crippen LogP contribution is 2.23. The molecule has 0 radical (unpaired) electrons. The SMILES string of the molecule is CCCCCCCCCCCCOC(=O)/C(NC)=C(\[O-])C(F)(F)F. The first-order chi connectivity index (χ1) is 11.3. The molecule has 4 nitrogen and oxygen atoms in total. The average molecular weight is 352 g/mol. The molecule has 0 saturated carbocycles. The Bertz CT molecular complexity index is 382. The van der Waals surface area contributed by atoms with Gasteiger partial charge in [0.05, 0.1) is 6.61 Å². The molecule has 1 N–H and O–H groups in total. The Balaban J connectivity index is 3.79. The third-order valence-corrected chi connectivity index (χ3v) is 3.67. The molecule has 142 valence electrons. The fraction of sp³-hybridized carbons (Fsp3) is 0.824. The largest absolute Gasteiger partial charge is 0.868 e. The molecule has 0 saturated heterocycles. The summed E-state index contributed by atoms with van der Waals surface area (Å²) in [6, 6.07) is 0. The lowest BCUT2D eigenvalue weighted by Crippen LogP contribution is -2.33. The Kier molecular flexibility index (Phi) is 12.2. The molecule has 0 heterocycles. The Labute approximate surface area is 142 Å². The van der Waals surface area contributed by atoms with Crippen LogP contribution in [0.25, 0.3) is 0 Å². The first-order valence-corrected chi connectivity index (χ1v) is 8.68. The van der Waals surface area contributed by atoms with Crippen LogP contribution in [0.5, 0.6) is 0 Å². The van der Waals surface area contributed by atoms with E-state index in [0.29, 0.717) is 6.42 Å². The summed E-state index contributed by atoms with van der Waals surface area (Å²) in [5.41, 5.74) is -1.07. The van der Waals surface area contributed by atoms with Crippen molar-refractivity contribution in [3.8, 4) is 0 Å². The second-order valence-electron chi connectivity index (χ2n) is 5.77. The van der Waals surface area contributed by atoms with E-state index in [1.54, 1.807) is 0 Å². The van der Waals surface area contributed by atoms with E-state index in [0.717, 1.165) is 26.3 Å². The number of carbonyl (C=O) groups excluding carboxylic acids is 1. The quantitative estimate of drug-likeness (QED) is 0.237. The van der Waals surface area contributed by atoms with Gasteiger partial charge in [-0.15, -0.1) is 0 Å². The van der Waals surface area contributed by atoms with Crippen molar-refractivity contribution in [2.24, 2.45) is 0 Å². The number of carbonyl (C=O) groups is 1. The van der Waals surface area contributed by atoms with Crippen LogP contribution in [0.3, 0.4) is 0 Å². The molecule has 0 fully saturated rings. The van der Waals surface area contributed by atoms with Crippen molar-refractivity contribution in [2.45, 2.75) is 77.3 Å². The van der Waals surface area contributed by atoms with E-state index in [9.17, 15) is 23.1 Å². The van der Waals surface area contributed by atoms with Crippen molar-refractivity contribution in [1.29, 1.82) is 0 Å². The van der Waals surface area contributed by atoms with Crippen molar-refractivity contribution in [3.63, 3.8) is 0 Å². The van der Waals surface area contributed by atoms with Crippen LogP contribution < -0.4 is 10.4 Å². The third kappa shape index (κ3) is 10.4. The molecule has 24 heavy (non-hydrogen) atoms. The van der Waals surface area contributed by atoms with Gasteiger partial charge in [-0.05, 0) is 6.42 Å². The molecule has 0 aliphatic rings. The predicted molar refractivity (Wildman–Crippen MR) is 84.9 cm³/mol. The summed E-state index contributed by atoms with van der Waals surface area (Å²) < 4.78 is 41.6. The zero-order valence-corrected chi connectivity index (χ0v) is 14.6. The Hall–Kier alpha value is -1.40. The van der Waals surface area contributed by atoms with Crippen LogP contribution >= 0.6 is 0 Å². The Morgan fingerprint density at radius 1 is 0.958 bits per heavy atom. The molecule has 0 aromatic rings. The fourth-order valence-corrected chi connectivity index (χ4v) is 2.28. The number of ether oxygens (including phenoxy) is 1. The maximum atomic E-state index is 12.3. The van der Waals surface area contributed by atoms with Gasteiger partial charge in [-0.3, -0.25) is 0 Å². The molecule has 0 rings (SSSR count). The maximum Gasteiger partial charge on any atom is 0.404 e. The minimum absolute atomic E-state index is 0.0195. The molecular weight excluding hydrogens is 323 g/mol. The van der Waals surface area contributed by atoms with Crippen molar-refractivity contribution in [3.05, 3.63) is 11.5 Å². The summed E-state index contributed by atoms with van der Waals surface area (Å²) in [7, 11) is 1.08. The smallest absolute Gasteiger partial charge is 0.404 e. The molecule has 0 aromatic carbocycles. The van der Waals surface area contributed by atoms with Crippen LogP contribution in [-0.4, -0.2) is 25.8 Å². The van der Waals surface area contributed by atoms with E-state index in [1.165, 1.54) is 38.5 Å². The standard InChI is InChI=1S/C17H30F3NO3/c1-3-4-5-6-7-8-9-10-11-12-13-24-16(23)14(21-2)15(22)17(18,19)20/h21-22H,3-13H2,1-2H3/p-1/b15-14+. The normalized spacial score (nSPS) is 12.7. The van der Waals surface area contributed by atoms with Crippen molar-refractivity contribution in [1.82, 2.24) is 5.32 Å². The summed E-state index contributed by atoms with van der Waals surface area (Å²) in [5, 5.41) is 13.0. The van der Waals surface area contributed by atoms with Crippen LogP contribution in [0.4, 0.5) is 13.2 Å². The summed E-state index contributed by atoms with van der Waals surface area (Å²) in [5.74, 6) is -3.46.